The summed E-state index contributed by atoms with van der Waals surface area (Å²) in [5, 5.41) is 19.5. The minimum atomic E-state index is -0.307. The molecule has 1 amide bonds. The van der Waals surface area contributed by atoms with Gasteiger partial charge >= 0.3 is 0 Å². The van der Waals surface area contributed by atoms with E-state index in [1.54, 1.807) is 33.8 Å². The average molecular weight is 367 g/mol. The molecule has 0 aliphatic heterocycles. The Balaban J connectivity index is 1.50. The van der Waals surface area contributed by atoms with Crippen molar-refractivity contribution in [3.8, 4) is 5.69 Å². The van der Waals surface area contributed by atoms with Crippen molar-refractivity contribution in [2.24, 2.45) is 7.05 Å². The molecule has 8 nitrogen and oxygen atoms in total. The maximum atomic E-state index is 13.0. The zero-order valence-electron chi connectivity index (χ0n) is 14.9. The Hall–Kier alpha value is -3.49. The van der Waals surface area contributed by atoms with E-state index in [0.717, 1.165) is 23.2 Å². The number of anilines is 1. The van der Waals surface area contributed by atoms with Crippen LogP contribution >= 0.6 is 0 Å². The molecule has 0 radical (unpaired) electrons. The number of aromatic amines is 1. The number of H-pyrrole nitrogens is 1. The number of benzene rings is 1. The summed E-state index contributed by atoms with van der Waals surface area (Å²) < 4.78 is 16.3. The molecule has 9 heteroatoms. The fourth-order valence-corrected chi connectivity index (χ4v) is 3.00. The SMILES string of the molecule is CCc1nn(C)c2n[nH]c(NC(=O)Cc3ccn(-c4ccc(F)cc4)n3)c12. The van der Waals surface area contributed by atoms with E-state index >= 15 is 0 Å². The first-order chi connectivity index (χ1) is 13.0. The van der Waals surface area contributed by atoms with Crippen molar-refractivity contribution in [1.29, 1.82) is 0 Å². The van der Waals surface area contributed by atoms with Gasteiger partial charge in [-0.3, -0.25) is 9.89 Å². The van der Waals surface area contributed by atoms with E-state index in [4.69, 9.17) is 0 Å². The van der Waals surface area contributed by atoms with Crippen molar-refractivity contribution >= 4 is 22.8 Å². The second-order valence-corrected chi connectivity index (χ2v) is 6.17. The fraction of sp³-hybridized carbons (Fsp3) is 0.222. The summed E-state index contributed by atoms with van der Waals surface area (Å²) >= 11 is 0. The van der Waals surface area contributed by atoms with Gasteiger partial charge in [-0.25, -0.2) is 13.8 Å². The third-order valence-electron chi connectivity index (χ3n) is 4.29. The largest absolute Gasteiger partial charge is 0.310 e. The van der Waals surface area contributed by atoms with Crippen molar-refractivity contribution in [3.05, 3.63) is 53.7 Å². The number of hydrogen-bond donors (Lipinski definition) is 2. The molecule has 0 saturated carbocycles. The monoisotopic (exact) mass is 367 g/mol. The van der Waals surface area contributed by atoms with Crippen LogP contribution in [0.25, 0.3) is 16.7 Å². The number of rotatable bonds is 5. The highest BCUT2D eigenvalue weighted by Gasteiger charge is 2.17. The van der Waals surface area contributed by atoms with Crippen molar-refractivity contribution in [2.75, 3.05) is 5.32 Å². The van der Waals surface area contributed by atoms with Crippen LogP contribution in [-0.2, 0) is 24.7 Å². The van der Waals surface area contributed by atoms with E-state index in [9.17, 15) is 9.18 Å². The number of amides is 1. The number of aromatic nitrogens is 6. The smallest absolute Gasteiger partial charge is 0.231 e. The molecule has 4 rings (SSSR count). The lowest BCUT2D eigenvalue weighted by Crippen LogP contribution is -2.15. The number of halogens is 1. The van der Waals surface area contributed by atoms with Gasteiger partial charge in [-0.15, -0.1) is 0 Å². The molecule has 1 aromatic carbocycles. The van der Waals surface area contributed by atoms with Crippen molar-refractivity contribution in [2.45, 2.75) is 19.8 Å². The first-order valence-electron chi connectivity index (χ1n) is 8.55. The molecule has 3 aromatic heterocycles. The molecule has 0 atom stereocenters. The number of carbonyl (C=O) groups excluding carboxylic acids is 1. The zero-order valence-corrected chi connectivity index (χ0v) is 14.9. The topological polar surface area (TPSA) is 93.4 Å². The highest BCUT2D eigenvalue weighted by molar-refractivity contribution is 6.00. The maximum Gasteiger partial charge on any atom is 0.231 e. The van der Waals surface area contributed by atoms with E-state index in [1.807, 2.05) is 14.0 Å². The van der Waals surface area contributed by atoms with Crippen molar-refractivity contribution in [1.82, 2.24) is 29.8 Å². The predicted octanol–water partition coefficient (Wildman–Crippen LogP) is 2.36. The van der Waals surface area contributed by atoms with E-state index < -0.39 is 0 Å². The van der Waals surface area contributed by atoms with Crippen LogP contribution in [-0.4, -0.2) is 35.7 Å². The highest BCUT2D eigenvalue weighted by Crippen LogP contribution is 2.24. The lowest BCUT2D eigenvalue weighted by atomic mass is 10.2. The second-order valence-electron chi connectivity index (χ2n) is 6.17. The van der Waals surface area contributed by atoms with Crippen molar-refractivity contribution in [3.63, 3.8) is 0 Å². The molecular weight excluding hydrogens is 349 g/mol. The van der Waals surface area contributed by atoms with Gasteiger partial charge in [0.2, 0.25) is 5.91 Å². The van der Waals surface area contributed by atoms with Crippen molar-refractivity contribution < 1.29 is 9.18 Å². The molecule has 2 N–H and O–H groups in total. The van der Waals surface area contributed by atoms with Gasteiger partial charge in [0.05, 0.1) is 28.9 Å². The maximum absolute atomic E-state index is 13.0. The highest BCUT2D eigenvalue weighted by atomic mass is 19.1. The van der Waals surface area contributed by atoms with Crippen LogP contribution in [0, 0.1) is 5.82 Å². The summed E-state index contributed by atoms with van der Waals surface area (Å²) in [6, 6.07) is 7.75. The molecule has 0 bridgehead atoms. The Kier molecular flexibility index (Phi) is 4.19. The molecule has 0 aliphatic rings. The summed E-state index contributed by atoms with van der Waals surface area (Å²) in [4.78, 5) is 12.4. The molecule has 0 spiro atoms. The van der Waals surface area contributed by atoms with Gasteiger partial charge in [-0.2, -0.15) is 15.3 Å². The predicted molar refractivity (Wildman–Crippen MR) is 98.1 cm³/mol. The van der Waals surface area contributed by atoms with Crippen LogP contribution in [0.3, 0.4) is 0 Å². The van der Waals surface area contributed by atoms with E-state index in [1.165, 1.54) is 12.1 Å². The summed E-state index contributed by atoms with van der Waals surface area (Å²) in [5.41, 5.74) is 2.90. The summed E-state index contributed by atoms with van der Waals surface area (Å²) in [6.45, 7) is 2.00. The molecule has 138 valence electrons. The average Bonchev–Trinajstić information content (AvgIpc) is 3.34. The van der Waals surface area contributed by atoms with Crippen LogP contribution in [0.2, 0.25) is 0 Å². The number of nitrogens with zero attached hydrogens (tertiary/aromatic N) is 5. The minimum absolute atomic E-state index is 0.108. The molecular formula is C18H18FN7O. The number of hydrogen-bond acceptors (Lipinski definition) is 4. The molecule has 27 heavy (non-hydrogen) atoms. The molecule has 0 saturated heterocycles. The Morgan fingerprint density at radius 1 is 1.22 bits per heavy atom. The third kappa shape index (κ3) is 3.19. The lowest BCUT2D eigenvalue weighted by Gasteiger charge is -2.02. The molecule has 0 aliphatic carbocycles. The molecule has 4 aromatic rings. The zero-order chi connectivity index (χ0) is 19.0. The first-order valence-corrected chi connectivity index (χ1v) is 8.55. The Bertz CT molecular complexity index is 1110. The first kappa shape index (κ1) is 17.0. The van der Waals surface area contributed by atoms with Gasteiger partial charge in [-0.05, 0) is 36.8 Å². The summed E-state index contributed by atoms with van der Waals surface area (Å²) in [6.07, 6.45) is 2.58. The normalized spacial score (nSPS) is 11.2. The third-order valence-corrected chi connectivity index (χ3v) is 4.29. The van der Waals surface area contributed by atoms with Crippen LogP contribution in [0.1, 0.15) is 18.3 Å². The Labute approximate surface area is 154 Å². The quantitative estimate of drug-likeness (QED) is 0.566. The number of carbonyl (C=O) groups is 1. The molecule has 0 unspecified atom stereocenters. The van der Waals surface area contributed by atoms with Gasteiger partial charge in [-0.1, -0.05) is 6.92 Å². The Morgan fingerprint density at radius 3 is 2.74 bits per heavy atom. The van der Waals surface area contributed by atoms with Crippen LogP contribution in [0.4, 0.5) is 10.2 Å². The lowest BCUT2D eigenvalue weighted by molar-refractivity contribution is -0.115. The minimum Gasteiger partial charge on any atom is -0.310 e. The standard InChI is InChI=1S/C18H18FN7O/c1-3-14-16-17(21-22-18(16)25(2)24-14)20-15(27)10-12-8-9-26(23-12)13-6-4-11(19)5-7-13/h4-9H,3,10H2,1-2H3,(H2,20,21,22,27). The molecule has 0 fully saturated rings. The molecule has 3 heterocycles. The van der Waals surface area contributed by atoms with Gasteiger partial charge < -0.3 is 5.32 Å². The Morgan fingerprint density at radius 2 is 2.00 bits per heavy atom. The fourth-order valence-electron chi connectivity index (χ4n) is 3.00. The van der Waals surface area contributed by atoms with Gasteiger partial charge in [0.1, 0.15) is 11.6 Å². The van der Waals surface area contributed by atoms with E-state index in [2.05, 4.69) is 25.7 Å². The van der Waals surface area contributed by atoms with Gasteiger partial charge in [0.15, 0.2) is 5.65 Å². The number of nitrogens with one attached hydrogen (secondary N) is 2. The van der Waals surface area contributed by atoms with Gasteiger partial charge in [0.25, 0.3) is 0 Å². The number of aryl methyl sites for hydroxylation is 2. The van der Waals surface area contributed by atoms with E-state index in [-0.39, 0.29) is 18.1 Å². The van der Waals surface area contributed by atoms with E-state index in [0.29, 0.717) is 17.2 Å². The van der Waals surface area contributed by atoms with Crippen LogP contribution in [0.15, 0.2) is 36.5 Å². The number of fused-ring (bicyclic) bond motifs is 1. The van der Waals surface area contributed by atoms with Crippen LogP contribution in [0.5, 0.6) is 0 Å². The summed E-state index contributed by atoms with van der Waals surface area (Å²) in [7, 11) is 1.82. The second kappa shape index (κ2) is 6.67. The summed E-state index contributed by atoms with van der Waals surface area (Å²) in [5.74, 6) is 0.0203. The van der Waals surface area contributed by atoms with Gasteiger partial charge in [0, 0.05) is 13.2 Å². The van der Waals surface area contributed by atoms with Crippen LogP contribution < -0.4 is 5.32 Å².